The van der Waals surface area contributed by atoms with E-state index in [0.717, 1.165) is 0 Å². The normalized spacial score (nSPS) is 10.1. The Balaban J connectivity index is 2.75. The number of nitrogen functional groups attached to an aromatic ring is 1. The van der Waals surface area contributed by atoms with Crippen LogP contribution in [0, 0.1) is 0 Å². The Hall–Kier alpha value is -1.26. The number of nitrogens with one attached hydrogen (secondary N) is 1. The fraction of sp³-hybridized carbons (Fsp3) is 0.250. The molecule has 1 aromatic rings. The molecule has 0 fully saturated rings. The lowest BCUT2D eigenvalue weighted by Crippen LogP contribution is -2.13. The molecular formula is C8H12N2O2. The van der Waals surface area contributed by atoms with Crippen molar-refractivity contribution in [3.8, 4) is 5.75 Å². The number of hydrogen-bond acceptors (Lipinski definition) is 4. The van der Waals surface area contributed by atoms with Crippen molar-refractivity contribution < 1.29 is 10.2 Å². The first-order valence-electron chi connectivity index (χ1n) is 3.63. The quantitative estimate of drug-likeness (QED) is 0.291. The van der Waals surface area contributed by atoms with Gasteiger partial charge in [-0.25, -0.2) is 0 Å². The van der Waals surface area contributed by atoms with E-state index in [4.69, 9.17) is 10.8 Å². The molecule has 0 radical (unpaired) electrons. The van der Waals surface area contributed by atoms with E-state index in [0.29, 0.717) is 17.8 Å². The number of anilines is 1. The molecule has 0 amide bonds. The van der Waals surface area contributed by atoms with Crippen LogP contribution in [-0.4, -0.2) is 16.9 Å². The average Bonchev–Trinajstić information content (AvgIpc) is 2.07. The molecule has 4 nitrogen and oxygen atoms in total. The number of aromatic hydroxyl groups is 1. The molecule has 0 saturated carbocycles. The zero-order valence-corrected chi connectivity index (χ0v) is 6.62. The summed E-state index contributed by atoms with van der Waals surface area (Å²) in [6, 6.07) is 4.82. The number of phenolic OH excluding ortho intramolecular Hbond substituents is 1. The van der Waals surface area contributed by atoms with Gasteiger partial charge in [-0.2, -0.15) is 0 Å². The van der Waals surface area contributed by atoms with Crippen LogP contribution < -0.4 is 11.1 Å². The topological polar surface area (TPSA) is 78.5 Å². The summed E-state index contributed by atoms with van der Waals surface area (Å²) < 4.78 is 0. The molecular weight excluding hydrogens is 156 g/mol. The molecule has 0 unspecified atom stereocenters. The molecule has 1 rings (SSSR count). The molecule has 1 aromatic carbocycles. The number of rotatable bonds is 3. The lowest BCUT2D eigenvalue weighted by molar-refractivity contribution is 0.258. The highest BCUT2D eigenvalue weighted by molar-refractivity contribution is 5.47. The Morgan fingerprint density at radius 1 is 1.42 bits per heavy atom. The van der Waals surface area contributed by atoms with Gasteiger partial charge < -0.3 is 15.9 Å². The van der Waals surface area contributed by atoms with Crippen LogP contribution in [0.25, 0.3) is 0 Å². The molecule has 4 heteroatoms. The lowest BCUT2D eigenvalue weighted by atomic mass is 10.2. The molecule has 0 atom stereocenters. The molecule has 0 spiro atoms. The molecule has 5 N–H and O–H groups in total. The highest BCUT2D eigenvalue weighted by Crippen LogP contribution is 2.18. The summed E-state index contributed by atoms with van der Waals surface area (Å²) in [5.41, 5.74) is 6.78. The Kier molecular flexibility index (Phi) is 2.90. The molecule has 0 aromatic heterocycles. The van der Waals surface area contributed by atoms with Crippen LogP contribution in [0.3, 0.4) is 0 Å². The van der Waals surface area contributed by atoms with Gasteiger partial charge in [-0.3, -0.25) is 5.32 Å². The second kappa shape index (κ2) is 3.94. The summed E-state index contributed by atoms with van der Waals surface area (Å²) in [4.78, 5) is 0. The highest BCUT2D eigenvalue weighted by Gasteiger charge is 1.99. The third-order valence-corrected chi connectivity index (χ3v) is 1.53. The van der Waals surface area contributed by atoms with Crippen molar-refractivity contribution in [3.05, 3.63) is 23.8 Å². The first kappa shape index (κ1) is 8.83. The standard InChI is InChI=1S/C8H12N2O2/c9-7-1-2-8(12)6(3-7)4-10-5-11/h1-3,10-12H,4-5,9H2. The second-order valence-corrected chi connectivity index (χ2v) is 2.47. The van der Waals surface area contributed by atoms with E-state index in [9.17, 15) is 5.11 Å². The SMILES string of the molecule is Nc1ccc(O)c(CNCO)c1. The van der Waals surface area contributed by atoms with Crippen molar-refractivity contribution in [2.45, 2.75) is 6.54 Å². The molecule has 66 valence electrons. The summed E-state index contributed by atoms with van der Waals surface area (Å²) in [7, 11) is 0. The summed E-state index contributed by atoms with van der Waals surface area (Å²) in [6.07, 6.45) is 0. The Bertz CT molecular complexity index is 263. The number of hydrogen-bond donors (Lipinski definition) is 4. The van der Waals surface area contributed by atoms with Crippen LogP contribution in [0.15, 0.2) is 18.2 Å². The number of aliphatic hydroxyl groups is 1. The molecule has 0 aliphatic heterocycles. The van der Waals surface area contributed by atoms with Gasteiger partial charge in [0.2, 0.25) is 0 Å². The zero-order chi connectivity index (χ0) is 8.97. The highest BCUT2D eigenvalue weighted by atomic mass is 16.3. The smallest absolute Gasteiger partial charge is 0.120 e. The van der Waals surface area contributed by atoms with Gasteiger partial charge in [-0.1, -0.05) is 0 Å². The predicted octanol–water partition coefficient (Wildman–Crippen LogP) is 0.0138. The van der Waals surface area contributed by atoms with E-state index in [2.05, 4.69) is 5.32 Å². The van der Waals surface area contributed by atoms with Crippen LogP contribution in [-0.2, 0) is 6.54 Å². The fourth-order valence-corrected chi connectivity index (χ4v) is 0.938. The largest absolute Gasteiger partial charge is 0.508 e. The van der Waals surface area contributed by atoms with Crippen molar-refractivity contribution in [1.29, 1.82) is 0 Å². The van der Waals surface area contributed by atoms with E-state index in [-0.39, 0.29) is 12.5 Å². The van der Waals surface area contributed by atoms with Gasteiger partial charge >= 0.3 is 0 Å². The van der Waals surface area contributed by atoms with Gasteiger partial charge in [-0.05, 0) is 18.2 Å². The first-order chi connectivity index (χ1) is 5.74. The maximum Gasteiger partial charge on any atom is 0.120 e. The molecule has 12 heavy (non-hydrogen) atoms. The van der Waals surface area contributed by atoms with Gasteiger partial charge in [0.15, 0.2) is 0 Å². The van der Waals surface area contributed by atoms with E-state index < -0.39 is 0 Å². The third kappa shape index (κ3) is 2.11. The van der Waals surface area contributed by atoms with Gasteiger partial charge in [0.05, 0.1) is 6.73 Å². The van der Waals surface area contributed by atoms with Crippen molar-refractivity contribution in [1.82, 2.24) is 5.32 Å². The minimum atomic E-state index is -0.117. The Labute approximate surface area is 70.6 Å². The fourth-order valence-electron chi connectivity index (χ4n) is 0.938. The van der Waals surface area contributed by atoms with Crippen molar-refractivity contribution in [2.24, 2.45) is 0 Å². The van der Waals surface area contributed by atoms with E-state index in [1.807, 2.05) is 0 Å². The summed E-state index contributed by atoms with van der Waals surface area (Å²) in [6.45, 7) is 0.293. The molecule has 0 heterocycles. The van der Waals surface area contributed by atoms with Gasteiger partial charge in [0.1, 0.15) is 5.75 Å². The summed E-state index contributed by atoms with van der Waals surface area (Å²) in [5, 5.41) is 20.4. The zero-order valence-electron chi connectivity index (χ0n) is 6.62. The molecule has 0 bridgehead atoms. The molecule has 0 saturated heterocycles. The van der Waals surface area contributed by atoms with Crippen molar-refractivity contribution in [2.75, 3.05) is 12.5 Å². The van der Waals surface area contributed by atoms with Gasteiger partial charge in [0, 0.05) is 17.8 Å². The van der Waals surface area contributed by atoms with Crippen LogP contribution in [0.2, 0.25) is 0 Å². The van der Waals surface area contributed by atoms with Gasteiger partial charge in [0.25, 0.3) is 0 Å². The summed E-state index contributed by atoms with van der Waals surface area (Å²) >= 11 is 0. The monoisotopic (exact) mass is 168 g/mol. The van der Waals surface area contributed by atoms with Crippen molar-refractivity contribution in [3.63, 3.8) is 0 Å². The van der Waals surface area contributed by atoms with Crippen LogP contribution in [0.4, 0.5) is 5.69 Å². The first-order valence-corrected chi connectivity index (χ1v) is 3.63. The maximum atomic E-state index is 9.28. The van der Waals surface area contributed by atoms with E-state index in [1.54, 1.807) is 12.1 Å². The number of phenols is 1. The minimum Gasteiger partial charge on any atom is -0.508 e. The molecule has 0 aliphatic carbocycles. The van der Waals surface area contributed by atoms with Crippen LogP contribution >= 0.6 is 0 Å². The Morgan fingerprint density at radius 3 is 2.83 bits per heavy atom. The lowest BCUT2D eigenvalue weighted by Gasteiger charge is -2.05. The van der Waals surface area contributed by atoms with Crippen molar-refractivity contribution >= 4 is 5.69 Å². The number of nitrogens with two attached hydrogens (primary N) is 1. The number of benzene rings is 1. The van der Waals surface area contributed by atoms with Gasteiger partial charge in [-0.15, -0.1) is 0 Å². The summed E-state index contributed by atoms with van der Waals surface area (Å²) in [5.74, 6) is 0.185. The number of aliphatic hydroxyl groups excluding tert-OH is 1. The van der Waals surface area contributed by atoms with E-state index >= 15 is 0 Å². The minimum absolute atomic E-state index is 0.117. The predicted molar refractivity (Wildman–Crippen MR) is 46.4 cm³/mol. The second-order valence-electron chi connectivity index (χ2n) is 2.47. The van der Waals surface area contributed by atoms with Crippen LogP contribution in [0.5, 0.6) is 5.75 Å². The Morgan fingerprint density at radius 2 is 2.17 bits per heavy atom. The maximum absolute atomic E-state index is 9.28. The van der Waals surface area contributed by atoms with E-state index in [1.165, 1.54) is 6.07 Å². The van der Waals surface area contributed by atoms with Crippen LogP contribution in [0.1, 0.15) is 5.56 Å². The average molecular weight is 168 g/mol. The third-order valence-electron chi connectivity index (χ3n) is 1.53. The molecule has 0 aliphatic rings.